The van der Waals surface area contributed by atoms with E-state index in [9.17, 15) is 4.79 Å². The lowest BCUT2D eigenvalue weighted by Gasteiger charge is -1.97. The first-order chi connectivity index (χ1) is 7.27. The molecule has 0 radical (unpaired) electrons. The van der Waals surface area contributed by atoms with Gasteiger partial charge in [-0.1, -0.05) is 31.4 Å². The fourth-order valence-corrected chi connectivity index (χ4v) is 1.32. The first-order valence-corrected chi connectivity index (χ1v) is 5.51. The van der Waals surface area contributed by atoms with Crippen LogP contribution in [-0.4, -0.2) is 11.1 Å². The molecule has 0 unspecified atom stereocenters. The van der Waals surface area contributed by atoms with Gasteiger partial charge in [0.1, 0.15) is 0 Å². The van der Waals surface area contributed by atoms with E-state index in [1.807, 2.05) is 12.2 Å². The average molecular weight is 209 g/mol. The van der Waals surface area contributed by atoms with E-state index in [2.05, 4.69) is 6.07 Å². The third-order valence-corrected chi connectivity index (χ3v) is 2.14. The van der Waals surface area contributed by atoms with Gasteiger partial charge in [-0.05, 0) is 19.3 Å². The summed E-state index contributed by atoms with van der Waals surface area (Å²) in [5, 5.41) is 16.7. The molecule has 15 heavy (non-hydrogen) atoms. The number of allylic oxidation sites excluding steroid dienone is 2. The molecule has 3 nitrogen and oxygen atoms in total. The molecule has 3 heteroatoms. The third kappa shape index (κ3) is 12.7. The molecule has 0 atom stereocenters. The van der Waals surface area contributed by atoms with Crippen LogP contribution in [0.15, 0.2) is 12.2 Å². The van der Waals surface area contributed by atoms with E-state index in [-0.39, 0.29) is 0 Å². The molecule has 1 N–H and O–H groups in total. The van der Waals surface area contributed by atoms with Crippen molar-refractivity contribution in [3.63, 3.8) is 0 Å². The van der Waals surface area contributed by atoms with Crippen molar-refractivity contribution in [1.82, 2.24) is 0 Å². The number of aliphatic carboxylic acids is 1. The number of carbonyl (C=O) groups is 1. The Kier molecular flexibility index (Phi) is 9.84. The second kappa shape index (κ2) is 10.8. The topological polar surface area (TPSA) is 61.1 Å². The van der Waals surface area contributed by atoms with Crippen LogP contribution in [0.1, 0.15) is 51.4 Å². The maximum atomic E-state index is 10.2. The molecule has 0 aliphatic heterocycles. The fraction of sp³-hybridized carbons (Fsp3) is 0.667. The van der Waals surface area contributed by atoms with Gasteiger partial charge in [0.05, 0.1) is 12.5 Å². The quantitative estimate of drug-likeness (QED) is 0.468. The van der Waals surface area contributed by atoms with Crippen LogP contribution in [0.2, 0.25) is 0 Å². The van der Waals surface area contributed by atoms with Gasteiger partial charge in [-0.2, -0.15) is 5.26 Å². The minimum absolute atomic E-state index is 0.294. The van der Waals surface area contributed by atoms with E-state index >= 15 is 0 Å². The van der Waals surface area contributed by atoms with Crippen molar-refractivity contribution in [3.05, 3.63) is 12.2 Å². The smallest absolute Gasteiger partial charge is 0.303 e. The van der Waals surface area contributed by atoms with Crippen molar-refractivity contribution < 1.29 is 9.90 Å². The van der Waals surface area contributed by atoms with Gasteiger partial charge in [-0.25, -0.2) is 0 Å². The number of carboxylic acids is 1. The number of hydrogen-bond donors (Lipinski definition) is 1. The molecular formula is C12H19NO2. The van der Waals surface area contributed by atoms with Gasteiger partial charge in [-0.3, -0.25) is 4.79 Å². The molecule has 0 aromatic heterocycles. The Morgan fingerprint density at radius 3 is 2.47 bits per heavy atom. The fourth-order valence-electron chi connectivity index (χ4n) is 1.32. The summed E-state index contributed by atoms with van der Waals surface area (Å²) >= 11 is 0. The second-order valence-corrected chi connectivity index (χ2v) is 3.53. The zero-order chi connectivity index (χ0) is 11.4. The summed E-state index contributed by atoms with van der Waals surface area (Å²) in [6, 6.07) is 2.05. The largest absolute Gasteiger partial charge is 0.481 e. The van der Waals surface area contributed by atoms with Gasteiger partial charge >= 0.3 is 5.97 Å². The standard InChI is InChI=1S/C12H19NO2/c13-11-9-7-5-3-1-2-4-6-8-10-12(14)15/h5,7H,1-4,6,8-10H2,(H,14,15)/b7-5+. The predicted molar refractivity (Wildman–Crippen MR) is 59.3 cm³/mol. The van der Waals surface area contributed by atoms with Crippen LogP contribution in [0.25, 0.3) is 0 Å². The van der Waals surface area contributed by atoms with E-state index in [0.29, 0.717) is 12.8 Å². The molecule has 0 aromatic carbocycles. The van der Waals surface area contributed by atoms with Crippen LogP contribution < -0.4 is 0 Å². The van der Waals surface area contributed by atoms with Crippen LogP contribution in [0.5, 0.6) is 0 Å². The Morgan fingerprint density at radius 1 is 1.13 bits per heavy atom. The van der Waals surface area contributed by atoms with E-state index in [0.717, 1.165) is 38.5 Å². The van der Waals surface area contributed by atoms with Crippen LogP contribution in [0, 0.1) is 11.3 Å². The van der Waals surface area contributed by atoms with Crippen LogP contribution in [-0.2, 0) is 4.79 Å². The highest BCUT2D eigenvalue weighted by atomic mass is 16.4. The first-order valence-electron chi connectivity index (χ1n) is 5.51. The lowest BCUT2D eigenvalue weighted by atomic mass is 10.1. The number of carboxylic acid groups (broad SMARTS) is 1. The molecule has 0 aliphatic carbocycles. The highest BCUT2D eigenvalue weighted by molar-refractivity contribution is 5.66. The van der Waals surface area contributed by atoms with E-state index < -0.39 is 5.97 Å². The van der Waals surface area contributed by atoms with Crippen molar-refractivity contribution in [1.29, 1.82) is 5.26 Å². The molecule has 0 aromatic rings. The van der Waals surface area contributed by atoms with Gasteiger partial charge in [0.15, 0.2) is 0 Å². The lowest BCUT2D eigenvalue weighted by molar-refractivity contribution is -0.137. The summed E-state index contributed by atoms with van der Waals surface area (Å²) in [4.78, 5) is 10.2. The van der Waals surface area contributed by atoms with E-state index in [1.54, 1.807) is 0 Å². The Hall–Kier alpha value is -1.30. The summed E-state index contributed by atoms with van der Waals surface area (Å²) in [5.74, 6) is -0.700. The molecule has 0 bridgehead atoms. The minimum Gasteiger partial charge on any atom is -0.481 e. The monoisotopic (exact) mass is 209 g/mol. The minimum atomic E-state index is -0.700. The number of rotatable bonds is 9. The summed E-state index contributed by atoms with van der Waals surface area (Å²) < 4.78 is 0. The van der Waals surface area contributed by atoms with Gasteiger partial charge in [-0.15, -0.1) is 0 Å². The summed E-state index contributed by atoms with van der Waals surface area (Å²) in [6.07, 6.45) is 10.9. The highest BCUT2D eigenvalue weighted by Crippen LogP contribution is 2.07. The lowest BCUT2D eigenvalue weighted by Crippen LogP contribution is -1.93. The van der Waals surface area contributed by atoms with Crippen molar-refractivity contribution in [2.75, 3.05) is 0 Å². The molecule has 0 spiro atoms. The van der Waals surface area contributed by atoms with Crippen molar-refractivity contribution in [3.8, 4) is 6.07 Å². The Labute approximate surface area is 91.4 Å². The maximum Gasteiger partial charge on any atom is 0.303 e. The first kappa shape index (κ1) is 13.7. The Balaban J connectivity index is 3.05. The Bertz CT molecular complexity index is 228. The molecule has 0 saturated carbocycles. The average Bonchev–Trinajstić information content (AvgIpc) is 2.20. The molecular weight excluding hydrogens is 190 g/mol. The molecule has 0 fully saturated rings. The SMILES string of the molecule is N#CC/C=C/CCCCCCCC(=O)O. The molecule has 0 aliphatic rings. The maximum absolute atomic E-state index is 10.2. The summed E-state index contributed by atoms with van der Waals surface area (Å²) in [5.41, 5.74) is 0. The van der Waals surface area contributed by atoms with E-state index in [4.69, 9.17) is 10.4 Å². The van der Waals surface area contributed by atoms with Crippen LogP contribution >= 0.6 is 0 Å². The van der Waals surface area contributed by atoms with Gasteiger partial charge in [0.25, 0.3) is 0 Å². The zero-order valence-corrected chi connectivity index (χ0v) is 9.11. The van der Waals surface area contributed by atoms with Gasteiger partial charge < -0.3 is 5.11 Å². The van der Waals surface area contributed by atoms with Crippen molar-refractivity contribution in [2.45, 2.75) is 51.4 Å². The van der Waals surface area contributed by atoms with Crippen LogP contribution in [0.4, 0.5) is 0 Å². The third-order valence-electron chi connectivity index (χ3n) is 2.14. The molecule has 0 amide bonds. The van der Waals surface area contributed by atoms with Gasteiger partial charge in [0, 0.05) is 6.42 Å². The van der Waals surface area contributed by atoms with Crippen molar-refractivity contribution >= 4 is 5.97 Å². The second-order valence-electron chi connectivity index (χ2n) is 3.53. The number of nitrogens with zero attached hydrogens (tertiary/aromatic N) is 1. The number of unbranched alkanes of at least 4 members (excludes halogenated alkanes) is 5. The van der Waals surface area contributed by atoms with Crippen LogP contribution in [0.3, 0.4) is 0 Å². The van der Waals surface area contributed by atoms with Crippen molar-refractivity contribution in [2.24, 2.45) is 0 Å². The number of nitriles is 1. The molecule has 0 rings (SSSR count). The summed E-state index contributed by atoms with van der Waals surface area (Å²) in [7, 11) is 0. The predicted octanol–water partition coefficient (Wildman–Crippen LogP) is 3.27. The highest BCUT2D eigenvalue weighted by Gasteiger charge is 1.95. The normalized spacial score (nSPS) is 10.3. The summed E-state index contributed by atoms with van der Waals surface area (Å²) in [6.45, 7) is 0. The molecule has 0 heterocycles. The zero-order valence-electron chi connectivity index (χ0n) is 9.11. The molecule has 0 saturated heterocycles. The molecule has 84 valence electrons. The Morgan fingerprint density at radius 2 is 1.80 bits per heavy atom. The van der Waals surface area contributed by atoms with Gasteiger partial charge in [0.2, 0.25) is 0 Å². The van der Waals surface area contributed by atoms with E-state index in [1.165, 1.54) is 0 Å². The number of hydrogen-bond acceptors (Lipinski definition) is 2.